The molecule has 1 aliphatic rings. The number of pyridine rings is 1. The van der Waals surface area contributed by atoms with Crippen LogP contribution in [0.15, 0.2) is 53.7 Å². The predicted octanol–water partition coefficient (Wildman–Crippen LogP) is 0.976. The summed E-state index contributed by atoms with van der Waals surface area (Å²) in [4.78, 5) is 28.2. The van der Waals surface area contributed by atoms with E-state index in [2.05, 4.69) is 15.6 Å². The van der Waals surface area contributed by atoms with Gasteiger partial charge in [0.1, 0.15) is 0 Å². The van der Waals surface area contributed by atoms with Crippen LogP contribution in [-0.4, -0.2) is 48.7 Å². The fourth-order valence-corrected chi connectivity index (χ4v) is 4.92. The molecule has 154 valence electrons. The smallest absolute Gasteiger partial charge is 0.309 e. The van der Waals surface area contributed by atoms with E-state index in [1.54, 1.807) is 48.8 Å². The lowest BCUT2D eigenvalue weighted by molar-refractivity contribution is -0.139. The highest BCUT2D eigenvalue weighted by Crippen LogP contribution is 2.25. The standard InChI is InChI=1S/C20H24N4O4S/c1-15-6-8-18(9-7-15)29(27,28)24-11-3-5-17(24)14-23-20(26)19(25)22-13-16-4-2-10-21-12-16/h2,4,6-10,12,17H,3,5,11,13-14H2,1H3,(H,22,25)(H,23,26). The van der Waals surface area contributed by atoms with Gasteiger partial charge < -0.3 is 10.6 Å². The van der Waals surface area contributed by atoms with Crippen molar-refractivity contribution in [2.75, 3.05) is 13.1 Å². The van der Waals surface area contributed by atoms with Crippen molar-refractivity contribution in [1.82, 2.24) is 19.9 Å². The maximum Gasteiger partial charge on any atom is 0.309 e. The summed E-state index contributed by atoms with van der Waals surface area (Å²) in [6.45, 7) is 2.57. The second-order valence-corrected chi connectivity index (χ2v) is 8.87. The Morgan fingerprint density at radius 3 is 2.55 bits per heavy atom. The van der Waals surface area contributed by atoms with Crippen molar-refractivity contribution >= 4 is 21.8 Å². The third kappa shape index (κ3) is 5.18. The van der Waals surface area contributed by atoms with Crippen molar-refractivity contribution in [3.05, 3.63) is 59.9 Å². The van der Waals surface area contributed by atoms with Gasteiger partial charge in [-0.2, -0.15) is 4.31 Å². The van der Waals surface area contributed by atoms with Gasteiger partial charge in [-0.1, -0.05) is 23.8 Å². The fourth-order valence-electron chi connectivity index (χ4n) is 3.23. The Morgan fingerprint density at radius 1 is 1.14 bits per heavy atom. The Kier molecular flexibility index (Phi) is 6.60. The van der Waals surface area contributed by atoms with Crippen molar-refractivity contribution in [3.8, 4) is 0 Å². The number of nitrogens with one attached hydrogen (secondary N) is 2. The molecular formula is C20H24N4O4S. The number of hydrogen-bond donors (Lipinski definition) is 2. The number of amides is 2. The Bertz CT molecular complexity index is 962. The molecule has 2 aromatic rings. The molecular weight excluding hydrogens is 392 g/mol. The lowest BCUT2D eigenvalue weighted by Gasteiger charge is -2.24. The van der Waals surface area contributed by atoms with Gasteiger partial charge in [0, 0.05) is 38.1 Å². The molecule has 1 saturated heterocycles. The molecule has 1 aromatic carbocycles. The first-order valence-electron chi connectivity index (χ1n) is 9.41. The van der Waals surface area contributed by atoms with Crippen LogP contribution in [-0.2, 0) is 26.2 Å². The molecule has 1 fully saturated rings. The first kappa shape index (κ1) is 20.9. The highest BCUT2D eigenvalue weighted by atomic mass is 32.2. The molecule has 0 saturated carbocycles. The number of carbonyl (C=O) groups is 2. The molecule has 1 atom stereocenters. The van der Waals surface area contributed by atoms with E-state index in [9.17, 15) is 18.0 Å². The lowest BCUT2D eigenvalue weighted by atomic mass is 10.2. The van der Waals surface area contributed by atoms with Crippen LogP contribution < -0.4 is 10.6 Å². The van der Waals surface area contributed by atoms with Crippen LogP contribution in [0.5, 0.6) is 0 Å². The second-order valence-electron chi connectivity index (χ2n) is 6.98. The highest BCUT2D eigenvalue weighted by Gasteiger charge is 2.35. The zero-order valence-electron chi connectivity index (χ0n) is 16.2. The van der Waals surface area contributed by atoms with Crippen LogP contribution in [0.25, 0.3) is 0 Å². The monoisotopic (exact) mass is 416 g/mol. The van der Waals surface area contributed by atoms with Gasteiger partial charge in [-0.15, -0.1) is 0 Å². The van der Waals surface area contributed by atoms with Gasteiger partial charge in [0.15, 0.2) is 0 Å². The second kappa shape index (κ2) is 9.15. The Morgan fingerprint density at radius 2 is 1.86 bits per heavy atom. The van der Waals surface area contributed by atoms with Crippen LogP contribution in [0.3, 0.4) is 0 Å². The fraction of sp³-hybridized carbons (Fsp3) is 0.350. The van der Waals surface area contributed by atoms with Crippen molar-refractivity contribution in [3.63, 3.8) is 0 Å². The molecule has 0 spiro atoms. The predicted molar refractivity (Wildman–Crippen MR) is 107 cm³/mol. The molecule has 1 aliphatic heterocycles. The molecule has 9 heteroatoms. The van der Waals surface area contributed by atoms with Gasteiger partial charge in [-0.3, -0.25) is 14.6 Å². The third-order valence-electron chi connectivity index (χ3n) is 4.83. The zero-order valence-corrected chi connectivity index (χ0v) is 17.0. The van der Waals surface area contributed by atoms with Crippen LogP contribution in [0, 0.1) is 6.92 Å². The number of nitrogens with zero attached hydrogens (tertiary/aromatic N) is 2. The number of sulfonamides is 1. The van der Waals surface area contributed by atoms with E-state index in [0.717, 1.165) is 11.1 Å². The molecule has 2 amide bonds. The normalized spacial score (nSPS) is 17.1. The summed E-state index contributed by atoms with van der Waals surface area (Å²) >= 11 is 0. The van der Waals surface area contributed by atoms with Gasteiger partial charge in [0.05, 0.1) is 4.90 Å². The van der Waals surface area contributed by atoms with E-state index >= 15 is 0 Å². The number of aromatic nitrogens is 1. The van der Waals surface area contributed by atoms with Crippen LogP contribution in [0.2, 0.25) is 0 Å². The Balaban J connectivity index is 1.55. The average molecular weight is 417 g/mol. The SMILES string of the molecule is Cc1ccc(S(=O)(=O)N2CCCC2CNC(=O)C(=O)NCc2cccnc2)cc1. The summed E-state index contributed by atoms with van der Waals surface area (Å²) in [5, 5.41) is 5.07. The zero-order chi connectivity index (χ0) is 20.9. The summed E-state index contributed by atoms with van der Waals surface area (Å²) in [7, 11) is -3.64. The first-order chi connectivity index (χ1) is 13.9. The Labute approximate surface area is 170 Å². The van der Waals surface area contributed by atoms with Gasteiger partial charge in [-0.25, -0.2) is 8.42 Å². The molecule has 8 nitrogen and oxygen atoms in total. The number of hydrogen-bond acceptors (Lipinski definition) is 5. The minimum atomic E-state index is -3.64. The van der Waals surface area contributed by atoms with E-state index in [-0.39, 0.29) is 24.0 Å². The largest absolute Gasteiger partial charge is 0.346 e. The van der Waals surface area contributed by atoms with Gasteiger partial charge >= 0.3 is 11.8 Å². The van der Waals surface area contributed by atoms with E-state index in [1.807, 2.05) is 6.92 Å². The van der Waals surface area contributed by atoms with Gasteiger partial charge in [0.2, 0.25) is 10.0 Å². The molecule has 0 bridgehead atoms. The summed E-state index contributed by atoms with van der Waals surface area (Å²) in [6, 6.07) is 9.84. The molecule has 0 radical (unpaired) electrons. The van der Waals surface area contributed by atoms with E-state index in [0.29, 0.717) is 19.4 Å². The van der Waals surface area contributed by atoms with Crippen LogP contribution >= 0.6 is 0 Å². The molecule has 1 unspecified atom stereocenters. The minimum Gasteiger partial charge on any atom is -0.346 e. The maximum atomic E-state index is 12.9. The molecule has 0 aliphatic carbocycles. The van der Waals surface area contributed by atoms with Gasteiger partial charge in [-0.05, 0) is 43.5 Å². The van der Waals surface area contributed by atoms with Crippen molar-refractivity contribution in [2.24, 2.45) is 0 Å². The highest BCUT2D eigenvalue weighted by molar-refractivity contribution is 7.89. The quantitative estimate of drug-likeness (QED) is 0.683. The molecule has 2 heterocycles. The summed E-state index contributed by atoms with van der Waals surface area (Å²) < 4.78 is 27.3. The van der Waals surface area contributed by atoms with E-state index in [4.69, 9.17) is 0 Å². The van der Waals surface area contributed by atoms with Gasteiger partial charge in [0.25, 0.3) is 0 Å². The van der Waals surface area contributed by atoms with Crippen LogP contribution in [0.1, 0.15) is 24.0 Å². The first-order valence-corrected chi connectivity index (χ1v) is 10.9. The molecule has 3 rings (SSSR count). The average Bonchev–Trinajstić information content (AvgIpc) is 3.21. The van der Waals surface area contributed by atoms with E-state index in [1.165, 1.54) is 4.31 Å². The van der Waals surface area contributed by atoms with Crippen molar-refractivity contribution < 1.29 is 18.0 Å². The van der Waals surface area contributed by atoms with E-state index < -0.39 is 21.8 Å². The Hall–Kier alpha value is -2.78. The number of aryl methyl sites for hydroxylation is 1. The third-order valence-corrected chi connectivity index (χ3v) is 6.80. The summed E-state index contributed by atoms with van der Waals surface area (Å²) in [5.41, 5.74) is 1.76. The van der Waals surface area contributed by atoms with Crippen molar-refractivity contribution in [1.29, 1.82) is 0 Å². The summed E-state index contributed by atoms with van der Waals surface area (Å²) in [6.07, 6.45) is 4.56. The maximum absolute atomic E-state index is 12.9. The number of carbonyl (C=O) groups excluding carboxylic acids is 2. The lowest BCUT2D eigenvalue weighted by Crippen LogP contribution is -2.46. The van der Waals surface area contributed by atoms with Crippen LogP contribution in [0.4, 0.5) is 0 Å². The van der Waals surface area contributed by atoms with Crippen molar-refractivity contribution in [2.45, 2.75) is 37.2 Å². The molecule has 2 N–H and O–H groups in total. The molecule has 29 heavy (non-hydrogen) atoms. The number of rotatable bonds is 6. The number of benzene rings is 1. The summed E-state index contributed by atoms with van der Waals surface area (Å²) in [5.74, 6) is -1.55. The topological polar surface area (TPSA) is 108 Å². The molecule has 1 aromatic heterocycles. The minimum absolute atomic E-state index is 0.0875.